The molecule has 0 aliphatic carbocycles. The molecule has 1 atom stereocenters. The minimum absolute atomic E-state index is 0.0430. The van der Waals surface area contributed by atoms with Gasteiger partial charge in [0.15, 0.2) is 0 Å². The molecule has 3 nitrogen and oxygen atoms in total. The van der Waals surface area contributed by atoms with Crippen LogP contribution in [0.3, 0.4) is 0 Å². The van der Waals surface area contributed by atoms with Crippen molar-refractivity contribution in [3.05, 3.63) is 39.9 Å². The molecular weight excluding hydrogens is 273 g/mol. The molecule has 1 aromatic rings. The third kappa shape index (κ3) is 5.08. The van der Waals surface area contributed by atoms with Crippen LogP contribution in [0.25, 0.3) is 6.08 Å². The van der Waals surface area contributed by atoms with Crippen molar-refractivity contribution < 1.29 is 9.90 Å². The van der Waals surface area contributed by atoms with Crippen LogP contribution < -0.4 is 5.32 Å². The molecule has 1 aromatic carbocycles. The van der Waals surface area contributed by atoms with Crippen molar-refractivity contribution in [3.63, 3.8) is 0 Å². The van der Waals surface area contributed by atoms with Crippen LogP contribution in [0, 0.1) is 5.92 Å². The molecule has 2 N–H and O–H groups in total. The molecule has 0 aliphatic rings. The van der Waals surface area contributed by atoms with Crippen molar-refractivity contribution >= 4 is 35.2 Å². The van der Waals surface area contributed by atoms with Gasteiger partial charge in [0.05, 0.1) is 0 Å². The van der Waals surface area contributed by atoms with Crippen molar-refractivity contribution in [1.29, 1.82) is 0 Å². The lowest BCUT2D eigenvalue weighted by molar-refractivity contribution is -0.116. The van der Waals surface area contributed by atoms with E-state index in [2.05, 4.69) is 5.32 Å². The summed E-state index contributed by atoms with van der Waals surface area (Å²) in [6, 6.07) is 5.07. The minimum atomic E-state index is -0.221. The van der Waals surface area contributed by atoms with E-state index in [9.17, 15) is 4.79 Å². The predicted molar refractivity (Wildman–Crippen MR) is 74.8 cm³/mol. The van der Waals surface area contributed by atoms with Gasteiger partial charge in [0, 0.05) is 29.3 Å². The maximum absolute atomic E-state index is 11.5. The Labute approximate surface area is 116 Å². The van der Waals surface area contributed by atoms with Gasteiger partial charge in [0.1, 0.15) is 0 Å². The van der Waals surface area contributed by atoms with Gasteiger partial charge >= 0.3 is 0 Å². The number of carbonyl (C=O) groups is 1. The molecule has 0 fully saturated rings. The Hall–Kier alpha value is -1.03. The molecule has 0 radical (unpaired) electrons. The second-order valence-electron chi connectivity index (χ2n) is 4.03. The Morgan fingerprint density at radius 1 is 1.50 bits per heavy atom. The van der Waals surface area contributed by atoms with E-state index in [1.165, 1.54) is 6.08 Å². The number of rotatable bonds is 5. The first kappa shape index (κ1) is 15.0. The Bertz CT molecular complexity index is 447. The van der Waals surface area contributed by atoms with E-state index < -0.39 is 0 Å². The van der Waals surface area contributed by atoms with Gasteiger partial charge in [0.25, 0.3) is 0 Å². The number of nitrogens with one attached hydrogen (secondary N) is 1. The molecule has 0 bridgehead atoms. The standard InChI is InChI=1S/C13H15Cl2NO2/c1-9(8-17)7-16-13(18)5-3-10-2-4-11(14)6-12(10)15/h2-6,9,17H,7-8H2,1H3,(H,16,18). The van der Waals surface area contributed by atoms with Gasteiger partial charge in [-0.15, -0.1) is 0 Å². The summed E-state index contributed by atoms with van der Waals surface area (Å²) < 4.78 is 0. The summed E-state index contributed by atoms with van der Waals surface area (Å²) in [7, 11) is 0. The van der Waals surface area contributed by atoms with E-state index in [4.69, 9.17) is 28.3 Å². The molecule has 0 aromatic heterocycles. The molecule has 0 heterocycles. The molecule has 98 valence electrons. The zero-order valence-electron chi connectivity index (χ0n) is 9.99. The summed E-state index contributed by atoms with van der Waals surface area (Å²) >= 11 is 11.7. The van der Waals surface area contributed by atoms with E-state index in [1.54, 1.807) is 24.3 Å². The highest BCUT2D eigenvalue weighted by Crippen LogP contribution is 2.21. The normalized spacial score (nSPS) is 12.7. The number of aliphatic hydroxyl groups is 1. The maximum Gasteiger partial charge on any atom is 0.244 e. The molecule has 18 heavy (non-hydrogen) atoms. The van der Waals surface area contributed by atoms with Gasteiger partial charge in [-0.2, -0.15) is 0 Å². The van der Waals surface area contributed by atoms with Gasteiger partial charge in [-0.1, -0.05) is 36.2 Å². The lowest BCUT2D eigenvalue weighted by Crippen LogP contribution is -2.27. The van der Waals surface area contributed by atoms with Gasteiger partial charge in [-0.05, 0) is 29.7 Å². The van der Waals surface area contributed by atoms with Crippen molar-refractivity contribution in [3.8, 4) is 0 Å². The summed E-state index contributed by atoms with van der Waals surface area (Å²) in [5.41, 5.74) is 0.728. The Kier molecular flexibility index (Phi) is 6.19. The number of carbonyl (C=O) groups excluding carboxylic acids is 1. The summed E-state index contributed by atoms with van der Waals surface area (Å²) in [6.45, 7) is 2.33. The Morgan fingerprint density at radius 3 is 2.83 bits per heavy atom. The van der Waals surface area contributed by atoms with Crippen molar-refractivity contribution in [2.45, 2.75) is 6.92 Å². The van der Waals surface area contributed by atoms with E-state index in [0.29, 0.717) is 16.6 Å². The smallest absolute Gasteiger partial charge is 0.244 e. The molecule has 0 saturated heterocycles. The van der Waals surface area contributed by atoms with Crippen LogP contribution in [0.4, 0.5) is 0 Å². The zero-order valence-corrected chi connectivity index (χ0v) is 11.5. The molecule has 0 spiro atoms. The van der Waals surface area contributed by atoms with Gasteiger partial charge in [0.2, 0.25) is 5.91 Å². The number of benzene rings is 1. The first-order chi connectivity index (χ1) is 8.52. The Balaban J connectivity index is 2.55. The van der Waals surface area contributed by atoms with E-state index in [-0.39, 0.29) is 18.4 Å². The van der Waals surface area contributed by atoms with E-state index in [0.717, 1.165) is 5.56 Å². The molecule has 1 unspecified atom stereocenters. The zero-order chi connectivity index (χ0) is 13.5. The first-order valence-electron chi connectivity index (χ1n) is 5.54. The molecule has 0 saturated carbocycles. The van der Waals surface area contributed by atoms with Crippen LogP contribution in [0.5, 0.6) is 0 Å². The van der Waals surface area contributed by atoms with Crippen molar-refractivity contribution in [2.24, 2.45) is 5.92 Å². The van der Waals surface area contributed by atoms with Gasteiger partial charge in [-0.3, -0.25) is 4.79 Å². The van der Waals surface area contributed by atoms with Gasteiger partial charge in [-0.25, -0.2) is 0 Å². The van der Waals surface area contributed by atoms with Crippen LogP contribution in [0.15, 0.2) is 24.3 Å². The summed E-state index contributed by atoms with van der Waals surface area (Å²) in [4.78, 5) is 11.5. The lowest BCUT2D eigenvalue weighted by Gasteiger charge is -2.07. The highest BCUT2D eigenvalue weighted by Gasteiger charge is 2.02. The fourth-order valence-electron chi connectivity index (χ4n) is 1.20. The first-order valence-corrected chi connectivity index (χ1v) is 6.30. The number of hydrogen-bond acceptors (Lipinski definition) is 2. The fraction of sp³-hybridized carbons (Fsp3) is 0.308. The quantitative estimate of drug-likeness (QED) is 0.818. The second-order valence-corrected chi connectivity index (χ2v) is 4.88. The second kappa shape index (κ2) is 7.41. The van der Waals surface area contributed by atoms with Crippen LogP contribution in [-0.4, -0.2) is 24.2 Å². The maximum atomic E-state index is 11.5. The van der Waals surface area contributed by atoms with Crippen molar-refractivity contribution in [1.82, 2.24) is 5.32 Å². The molecule has 1 rings (SSSR count). The van der Waals surface area contributed by atoms with Gasteiger partial charge < -0.3 is 10.4 Å². The molecule has 1 amide bonds. The van der Waals surface area contributed by atoms with Crippen LogP contribution in [0.1, 0.15) is 12.5 Å². The van der Waals surface area contributed by atoms with E-state index in [1.807, 2.05) is 6.92 Å². The summed E-state index contributed by atoms with van der Waals surface area (Å²) in [5.74, 6) is -0.178. The minimum Gasteiger partial charge on any atom is -0.396 e. The monoisotopic (exact) mass is 287 g/mol. The number of halogens is 2. The lowest BCUT2D eigenvalue weighted by atomic mass is 10.2. The average molecular weight is 288 g/mol. The highest BCUT2D eigenvalue weighted by molar-refractivity contribution is 6.35. The predicted octanol–water partition coefficient (Wildman–Crippen LogP) is 2.75. The fourth-order valence-corrected chi connectivity index (χ4v) is 1.67. The summed E-state index contributed by atoms with van der Waals surface area (Å²) in [5, 5.41) is 12.5. The molecule has 5 heteroatoms. The average Bonchev–Trinajstić information content (AvgIpc) is 2.34. The van der Waals surface area contributed by atoms with Crippen LogP contribution in [-0.2, 0) is 4.79 Å². The summed E-state index contributed by atoms with van der Waals surface area (Å²) in [6.07, 6.45) is 3.02. The third-order valence-electron chi connectivity index (χ3n) is 2.31. The number of aliphatic hydroxyl groups excluding tert-OH is 1. The Morgan fingerprint density at radius 2 is 2.22 bits per heavy atom. The topological polar surface area (TPSA) is 49.3 Å². The SMILES string of the molecule is CC(CO)CNC(=O)C=Cc1ccc(Cl)cc1Cl. The highest BCUT2D eigenvalue weighted by atomic mass is 35.5. The third-order valence-corrected chi connectivity index (χ3v) is 2.88. The van der Waals surface area contributed by atoms with E-state index >= 15 is 0 Å². The van der Waals surface area contributed by atoms with Crippen LogP contribution >= 0.6 is 23.2 Å². The van der Waals surface area contributed by atoms with Crippen LogP contribution in [0.2, 0.25) is 10.0 Å². The molecular formula is C13H15Cl2NO2. The number of hydrogen-bond donors (Lipinski definition) is 2. The van der Waals surface area contributed by atoms with Crippen molar-refractivity contribution in [2.75, 3.05) is 13.2 Å². The largest absolute Gasteiger partial charge is 0.396 e. The number of amides is 1. The molecule has 0 aliphatic heterocycles.